The van der Waals surface area contributed by atoms with Gasteiger partial charge in [-0.3, -0.25) is 0 Å². The van der Waals surface area contributed by atoms with E-state index in [4.69, 9.17) is 14.0 Å². The molecule has 5 aromatic rings. The smallest absolute Gasteiger partial charge is 0.456 e. The monoisotopic (exact) mass is 540 g/mol. The zero-order valence-corrected chi connectivity index (χ0v) is 23.8. The van der Waals surface area contributed by atoms with Gasteiger partial charge in [-0.2, -0.15) is 0 Å². The molecule has 40 heavy (non-hydrogen) atoms. The molecule has 0 saturated carbocycles. The molecule has 0 aromatic heterocycles. The third-order valence-corrected chi connectivity index (χ3v) is 10.4. The molecule has 3 nitrogen and oxygen atoms in total. The zero-order valence-electron chi connectivity index (χ0n) is 23.0. The molecule has 0 radical (unpaired) electrons. The first-order valence-electron chi connectivity index (χ1n) is 13.9. The SMILES string of the molecule is CC1(C)OB(c2ccc3c(c2)C2(c4ccccc4Sc4ccccc42)c2ccc4ccccc4c2O3)OC1(C)C. The van der Waals surface area contributed by atoms with E-state index in [0.717, 1.165) is 33.5 Å². The van der Waals surface area contributed by atoms with Crippen molar-refractivity contribution in [2.75, 3.05) is 0 Å². The first kappa shape index (κ1) is 24.3. The van der Waals surface area contributed by atoms with Gasteiger partial charge < -0.3 is 14.0 Å². The maximum Gasteiger partial charge on any atom is 0.494 e. The van der Waals surface area contributed by atoms with Crippen LogP contribution in [0.3, 0.4) is 0 Å². The highest BCUT2D eigenvalue weighted by atomic mass is 32.2. The molecular weight excluding hydrogens is 511 g/mol. The lowest BCUT2D eigenvalue weighted by Crippen LogP contribution is -2.41. The molecule has 3 aliphatic heterocycles. The van der Waals surface area contributed by atoms with Crippen LogP contribution in [0.4, 0.5) is 0 Å². The minimum Gasteiger partial charge on any atom is -0.456 e. The van der Waals surface area contributed by atoms with Crippen LogP contribution in [-0.4, -0.2) is 18.3 Å². The lowest BCUT2D eigenvalue weighted by atomic mass is 9.62. The van der Waals surface area contributed by atoms with Gasteiger partial charge >= 0.3 is 7.12 Å². The van der Waals surface area contributed by atoms with Crippen molar-refractivity contribution in [1.29, 1.82) is 0 Å². The van der Waals surface area contributed by atoms with Crippen LogP contribution in [0, 0.1) is 0 Å². The van der Waals surface area contributed by atoms with E-state index in [2.05, 4.69) is 131 Å². The summed E-state index contributed by atoms with van der Waals surface area (Å²) in [5, 5.41) is 2.29. The maximum absolute atomic E-state index is 6.86. The highest BCUT2D eigenvalue weighted by Crippen LogP contribution is 2.62. The fourth-order valence-electron chi connectivity index (χ4n) is 6.53. The van der Waals surface area contributed by atoms with E-state index in [9.17, 15) is 0 Å². The molecule has 1 fully saturated rings. The van der Waals surface area contributed by atoms with Crippen molar-refractivity contribution in [3.63, 3.8) is 0 Å². The van der Waals surface area contributed by atoms with Crippen LogP contribution in [0.2, 0.25) is 0 Å². The minimum absolute atomic E-state index is 0.423. The van der Waals surface area contributed by atoms with Gasteiger partial charge in [-0.1, -0.05) is 96.7 Å². The lowest BCUT2D eigenvalue weighted by Gasteiger charge is -2.45. The number of rotatable bonds is 1. The Hall–Kier alpha value is -3.51. The van der Waals surface area contributed by atoms with Gasteiger partial charge in [0.15, 0.2) is 0 Å². The summed E-state index contributed by atoms with van der Waals surface area (Å²) in [5.74, 6) is 1.78. The van der Waals surface area contributed by atoms with E-state index in [0.29, 0.717) is 0 Å². The first-order chi connectivity index (χ1) is 19.3. The molecule has 5 aromatic carbocycles. The molecule has 0 N–H and O–H groups in total. The molecule has 5 heteroatoms. The van der Waals surface area contributed by atoms with Crippen molar-refractivity contribution in [3.05, 3.63) is 125 Å². The number of fused-ring (bicyclic) bond motifs is 10. The number of hydrogen-bond donors (Lipinski definition) is 0. The molecule has 0 aliphatic carbocycles. The minimum atomic E-state index is -0.564. The Morgan fingerprint density at radius 1 is 0.600 bits per heavy atom. The second-order valence-electron chi connectivity index (χ2n) is 12.0. The van der Waals surface area contributed by atoms with Gasteiger partial charge in [-0.25, -0.2) is 0 Å². The first-order valence-corrected chi connectivity index (χ1v) is 14.7. The molecule has 1 spiro atoms. The van der Waals surface area contributed by atoms with Crippen LogP contribution in [-0.2, 0) is 14.7 Å². The van der Waals surface area contributed by atoms with E-state index < -0.39 is 23.7 Å². The Morgan fingerprint density at radius 2 is 1.23 bits per heavy atom. The van der Waals surface area contributed by atoms with Gasteiger partial charge in [0.05, 0.1) is 16.6 Å². The van der Waals surface area contributed by atoms with Gasteiger partial charge in [0.2, 0.25) is 0 Å². The van der Waals surface area contributed by atoms with Gasteiger partial charge in [-0.05, 0) is 67.9 Å². The van der Waals surface area contributed by atoms with Crippen LogP contribution in [0.1, 0.15) is 49.9 Å². The summed E-state index contributed by atoms with van der Waals surface area (Å²) in [6.45, 7) is 8.40. The normalized spacial score (nSPS) is 18.9. The third kappa shape index (κ3) is 3.17. The van der Waals surface area contributed by atoms with Gasteiger partial charge in [0.1, 0.15) is 11.5 Å². The summed E-state index contributed by atoms with van der Waals surface area (Å²) in [6, 6.07) is 37.1. The van der Waals surface area contributed by atoms with Gasteiger partial charge in [0.25, 0.3) is 0 Å². The maximum atomic E-state index is 6.86. The molecule has 1 saturated heterocycles. The summed E-state index contributed by atoms with van der Waals surface area (Å²) in [5.41, 5.74) is 4.40. The summed E-state index contributed by atoms with van der Waals surface area (Å²) in [7, 11) is -0.464. The van der Waals surface area contributed by atoms with Crippen LogP contribution in [0.25, 0.3) is 10.8 Å². The summed E-state index contributed by atoms with van der Waals surface area (Å²) < 4.78 is 19.9. The summed E-state index contributed by atoms with van der Waals surface area (Å²) in [4.78, 5) is 2.52. The van der Waals surface area contributed by atoms with Gasteiger partial charge in [0, 0.05) is 26.3 Å². The number of benzene rings is 5. The second-order valence-corrected chi connectivity index (χ2v) is 13.0. The third-order valence-electron chi connectivity index (χ3n) is 9.23. The average molecular weight is 540 g/mol. The van der Waals surface area contributed by atoms with E-state index in [1.165, 1.54) is 26.3 Å². The predicted octanol–water partition coefficient (Wildman–Crippen LogP) is 8.09. The van der Waals surface area contributed by atoms with E-state index >= 15 is 0 Å². The van der Waals surface area contributed by atoms with Crippen molar-refractivity contribution in [1.82, 2.24) is 0 Å². The molecule has 196 valence electrons. The van der Waals surface area contributed by atoms with Crippen LogP contribution < -0.4 is 10.2 Å². The predicted molar refractivity (Wildman–Crippen MR) is 162 cm³/mol. The topological polar surface area (TPSA) is 27.7 Å². The molecule has 8 rings (SSSR count). The lowest BCUT2D eigenvalue weighted by molar-refractivity contribution is 0.00578. The van der Waals surface area contributed by atoms with Crippen molar-refractivity contribution in [3.8, 4) is 11.5 Å². The standard InChI is InChI=1S/C35H29BO3S/c1-33(2)34(3,4)39-36(38-33)23-18-20-29-28(21-23)35(27-19-17-22-11-5-6-12-24(22)32(27)37-29)25-13-7-9-15-30(25)40-31-16-10-8-14-26(31)35/h5-21H,1-4H3. The molecule has 0 bridgehead atoms. The van der Waals surface area contributed by atoms with Crippen molar-refractivity contribution >= 4 is 35.1 Å². The van der Waals surface area contributed by atoms with Crippen molar-refractivity contribution in [2.24, 2.45) is 0 Å². The van der Waals surface area contributed by atoms with Crippen LogP contribution >= 0.6 is 11.8 Å². The summed E-state index contributed by atoms with van der Waals surface area (Å²) in [6.07, 6.45) is 0. The molecule has 0 unspecified atom stereocenters. The Bertz CT molecular complexity index is 1780. The molecule has 3 aliphatic rings. The number of ether oxygens (including phenoxy) is 1. The molecule has 3 heterocycles. The highest BCUT2D eigenvalue weighted by Gasteiger charge is 2.54. The quantitative estimate of drug-likeness (QED) is 0.197. The fraction of sp³-hybridized carbons (Fsp3) is 0.200. The number of hydrogen-bond acceptors (Lipinski definition) is 4. The Labute approximate surface area is 239 Å². The molecule has 0 amide bonds. The van der Waals surface area contributed by atoms with E-state index in [1.807, 2.05) is 11.8 Å². The Morgan fingerprint density at radius 3 is 1.93 bits per heavy atom. The van der Waals surface area contributed by atoms with Crippen LogP contribution in [0.5, 0.6) is 11.5 Å². The Kier molecular flexibility index (Phi) is 5.02. The second kappa shape index (κ2) is 8.26. The van der Waals surface area contributed by atoms with E-state index in [-0.39, 0.29) is 0 Å². The molecular formula is C35H29BO3S. The highest BCUT2D eigenvalue weighted by molar-refractivity contribution is 7.99. The summed E-state index contributed by atoms with van der Waals surface area (Å²) >= 11 is 1.84. The Balaban J connectivity index is 1.47. The largest absolute Gasteiger partial charge is 0.494 e. The van der Waals surface area contributed by atoms with Crippen molar-refractivity contribution < 1.29 is 14.0 Å². The van der Waals surface area contributed by atoms with Crippen molar-refractivity contribution in [2.45, 2.75) is 54.1 Å². The van der Waals surface area contributed by atoms with Crippen LogP contribution in [0.15, 0.2) is 113 Å². The average Bonchev–Trinajstić information content (AvgIpc) is 3.19. The van der Waals surface area contributed by atoms with Gasteiger partial charge in [-0.15, -0.1) is 0 Å². The zero-order chi connectivity index (χ0) is 27.3. The van der Waals surface area contributed by atoms with E-state index in [1.54, 1.807) is 0 Å². The molecule has 0 atom stereocenters. The fourth-order valence-corrected chi connectivity index (χ4v) is 7.73.